The standard InChI is InChI=1S/C13H20N4O3/c1-17-8-10(7-16-17)6-14-12(20)15-9-13(3-2-4-13)5-11(18)19/h7-8H,2-6,9H2,1H3,(H,18,19)(H2,14,15,20). The van der Waals surface area contributed by atoms with Gasteiger partial charge >= 0.3 is 12.0 Å². The molecule has 2 rings (SSSR count). The van der Waals surface area contributed by atoms with E-state index >= 15 is 0 Å². The molecule has 1 aliphatic rings. The van der Waals surface area contributed by atoms with Gasteiger partial charge in [0.25, 0.3) is 0 Å². The molecule has 0 unspecified atom stereocenters. The molecule has 1 fully saturated rings. The summed E-state index contributed by atoms with van der Waals surface area (Å²) in [5.74, 6) is -0.803. The molecule has 0 bridgehead atoms. The number of amides is 2. The number of aryl methyl sites for hydroxylation is 1. The number of nitrogens with one attached hydrogen (secondary N) is 2. The summed E-state index contributed by atoms with van der Waals surface area (Å²) >= 11 is 0. The van der Waals surface area contributed by atoms with E-state index in [-0.39, 0.29) is 17.9 Å². The van der Waals surface area contributed by atoms with Crippen LogP contribution in [0.1, 0.15) is 31.2 Å². The molecule has 1 heterocycles. The number of carbonyl (C=O) groups excluding carboxylic acids is 1. The van der Waals surface area contributed by atoms with Gasteiger partial charge in [-0.1, -0.05) is 6.42 Å². The van der Waals surface area contributed by atoms with Crippen molar-refractivity contribution in [3.8, 4) is 0 Å². The lowest BCUT2D eigenvalue weighted by Gasteiger charge is -2.40. The van der Waals surface area contributed by atoms with E-state index in [1.54, 1.807) is 10.9 Å². The molecule has 3 N–H and O–H groups in total. The smallest absolute Gasteiger partial charge is 0.315 e. The van der Waals surface area contributed by atoms with Crippen LogP contribution < -0.4 is 10.6 Å². The first-order valence-electron chi connectivity index (χ1n) is 6.70. The van der Waals surface area contributed by atoms with Gasteiger partial charge in [-0.25, -0.2) is 4.79 Å². The van der Waals surface area contributed by atoms with E-state index in [9.17, 15) is 9.59 Å². The Hall–Kier alpha value is -2.05. The summed E-state index contributed by atoms with van der Waals surface area (Å²) < 4.78 is 1.67. The summed E-state index contributed by atoms with van der Waals surface area (Å²) in [6.45, 7) is 0.823. The number of carbonyl (C=O) groups is 2. The SMILES string of the molecule is Cn1cc(CNC(=O)NCC2(CC(=O)O)CCC2)cn1. The Kier molecular flexibility index (Phi) is 4.26. The van der Waals surface area contributed by atoms with E-state index in [1.807, 2.05) is 13.2 Å². The van der Waals surface area contributed by atoms with Crippen LogP contribution in [0.25, 0.3) is 0 Å². The summed E-state index contributed by atoms with van der Waals surface area (Å²) in [7, 11) is 1.82. The number of nitrogens with zero attached hydrogens (tertiary/aromatic N) is 2. The highest BCUT2D eigenvalue weighted by molar-refractivity contribution is 5.74. The first-order valence-corrected chi connectivity index (χ1v) is 6.70. The zero-order valence-electron chi connectivity index (χ0n) is 11.6. The quantitative estimate of drug-likeness (QED) is 0.720. The Morgan fingerprint density at radius 2 is 2.20 bits per heavy atom. The third-order valence-electron chi connectivity index (χ3n) is 3.78. The normalized spacial score (nSPS) is 16.2. The fourth-order valence-electron chi connectivity index (χ4n) is 2.49. The molecule has 20 heavy (non-hydrogen) atoms. The van der Waals surface area contributed by atoms with Crippen LogP contribution in [0.5, 0.6) is 0 Å². The van der Waals surface area contributed by atoms with Crippen molar-refractivity contribution < 1.29 is 14.7 Å². The molecule has 0 saturated heterocycles. The van der Waals surface area contributed by atoms with E-state index in [0.29, 0.717) is 13.1 Å². The fraction of sp³-hybridized carbons (Fsp3) is 0.615. The predicted octanol–water partition coefficient (Wildman–Crippen LogP) is 0.864. The first kappa shape index (κ1) is 14.4. The van der Waals surface area contributed by atoms with Crippen molar-refractivity contribution in [3.63, 3.8) is 0 Å². The Bertz CT molecular complexity index is 494. The average molecular weight is 280 g/mol. The van der Waals surface area contributed by atoms with Crippen LogP contribution >= 0.6 is 0 Å². The number of rotatable bonds is 6. The van der Waals surface area contributed by atoms with Gasteiger partial charge < -0.3 is 15.7 Å². The highest BCUT2D eigenvalue weighted by atomic mass is 16.4. The van der Waals surface area contributed by atoms with Crippen LogP contribution in [-0.2, 0) is 18.4 Å². The molecule has 0 aromatic carbocycles. The summed E-state index contributed by atoms with van der Waals surface area (Å²) in [4.78, 5) is 22.5. The van der Waals surface area contributed by atoms with E-state index in [2.05, 4.69) is 15.7 Å². The topological polar surface area (TPSA) is 96.2 Å². The van der Waals surface area contributed by atoms with Crippen LogP contribution in [0.4, 0.5) is 4.79 Å². The van der Waals surface area contributed by atoms with Crippen LogP contribution in [-0.4, -0.2) is 33.4 Å². The molecule has 7 nitrogen and oxygen atoms in total. The van der Waals surface area contributed by atoms with E-state index in [0.717, 1.165) is 24.8 Å². The second kappa shape index (κ2) is 5.94. The predicted molar refractivity (Wildman–Crippen MR) is 72.0 cm³/mol. The molecule has 0 atom stereocenters. The number of hydrogen-bond donors (Lipinski definition) is 3. The van der Waals surface area contributed by atoms with Crippen LogP contribution in [0.2, 0.25) is 0 Å². The Morgan fingerprint density at radius 1 is 1.45 bits per heavy atom. The maximum absolute atomic E-state index is 11.7. The van der Waals surface area contributed by atoms with Gasteiger partial charge in [-0.2, -0.15) is 5.10 Å². The molecule has 7 heteroatoms. The minimum atomic E-state index is -0.803. The molecular weight excluding hydrogens is 260 g/mol. The number of aromatic nitrogens is 2. The lowest BCUT2D eigenvalue weighted by atomic mass is 9.66. The third kappa shape index (κ3) is 3.72. The lowest BCUT2D eigenvalue weighted by molar-refractivity contribution is -0.141. The van der Waals surface area contributed by atoms with Crippen molar-refractivity contribution in [3.05, 3.63) is 18.0 Å². The highest BCUT2D eigenvalue weighted by Gasteiger charge is 2.39. The Labute approximate surface area is 117 Å². The summed E-state index contributed by atoms with van der Waals surface area (Å²) in [6.07, 6.45) is 6.41. The largest absolute Gasteiger partial charge is 0.481 e. The van der Waals surface area contributed by atoms with Crippen molar-refractivity contribution in [1.29, 1.82) is 0 Å². The molecule has 0 aliphatic heterocycles. The van der Waals surface area contributed by atoms with Crippen LogP contribution in [0, 0.1) is 5.41 Å². The number of hydrogen-bond acceptors (Lipinski definition) is 3. The average Bonchev–Trinajstić information content (AvgIpc) is 2.75. The summed E-state index contributed by atoms with van der Waals surface area (Å²) in [5, 5.41) is 18.4. The zero-order chi connectivity index (χ0) is 14.6. The van der Waals surface area contributed by atoms with E-state index in [1.165, 1.54) is 0 Å². The van der Waals surface area contributed by atoms with Crippen molar-refractivity contribution in [2.24, 2.45) is 12.5 Å². The van der Waals surface area contributed by atoms with Gasteiger partial charge in [-0.05, 0) is 18.3 Å². The summed E-state index contributed by atoms with van der Waals surface area (Å²) in [6, 6.07) is -0.273. The minimum absolute atomic E-state index is 0.121. The minimum Gasteiger partial charge on any atom is -0.481 e. The lowest BCUT2D eigenvalue weighted by Crippen LogP contribution is -2.46. The number of urea groups is 1. The number of aliphatic carboxylic acids is 1. The van der Waals surface area contributed by atoms with Crippen LogP contribution in [0.15, 0.2) is 12.4 Å². The van der Waals surface area contributed by atoms with E-state index < -0.39 is 5.97 Å². The van der Waals surface area contributed by atoms with Crippen molar-refractivity contribution in [2.75, 3.05) is 6.54 Å². The monoisotopic (exact) mass is 280 g/mol. The molecule has 0 spiro atoms. The van der Waals surface area contributed by atoms with Gasteiger partial charge in [-0.15, -0.1) is 0 Å². The van der Waals surface area contributed by atoms with Crippen molar-refractivity contribution in [2.45, 2.75) is 32.2 Å². The zero-order valence-corrected chi connectivity index (χ0v) is 11.6. The van der Waals surface area contributed by atoms with Gasteiger partial charge in [-0.3, -0.25) is 9.48 Å². The second-order valence-electron chi connectivity index (χ2n) is 5.48. The number of carboxylic acid groups (broad SMARTS) is 1. The third-order valence-corrected chi connectivity index (χ3v) is 3.78. The van der Waals surface area contributed by atoms with Gasteiger partial charge in [0, 0.05) is 31.9 Å². The molecule has 110 valence electrons. The Balaban J connectivity index is 1.73. The molecule has 0 radical (unpaired) electrons. The second-order valence-corrected chi connectivity index (χ2v) is 5.48. The van der Waals surface area contributed by atoms with E-state index in [4.69, 9.17) is 5.11 Å². The van der Waals surface area contributed by atoms with Gasteiger partial charge in [0.05, 0.1) is 12.6 Å². The summed E-state index contributed by atoms with van der Waals surface area (Å²) in [5.41, 5.74) is 0.670. The molecule has 2 amide bonds. The van der Waals surface area contributed by atoms with Gasteiger partial charge in [0.1, 0.15) is 0 Å². The van der Waals surface area contributed by atoms with Crippen LogP contribution in [0.3, 0.4) is 0 Å². The highest BCUT2D eigenvalue weighted by Crippen LogP contribution is 2.43. The number of carboxylic acids is 1. The van der Waals surface area contributed by atoms with Crippen molar-refractivity contribution in [1.82, 2.24) is 20.4 Å². The van der Waals surface area contributed by atoms with Crippen molar-refractivity contribution >= 4 is 12.0 Å². The molecule has 1 aromatic heterocycles. The van der Waals surface area contributed by atoms with Gasteiger partial charge in [0.15, 0.2) is 0 Å². The maximum Gasteiger partial charge on any atom is 0.315 e. The Morgan fingerprint density at radius 3 is 2.70 bits per heavy atom. The molecule has 1 aliphatic carbocycles. The maximum atomic E-state index is 11.7. The molecule has 1 aromatic rings. The molecular formula is C13H20N4O3. The molecule has 1 saturated carbocycles. The fourth-order valence-corrected chi connectivity index (χ4v) is 2.49. The first-order chi connectivity index (χ1) is 9.49. The van der Waals surface area contributed by atoms with Gasteiger partial charge in [0.2, 0.25) is 0 Å².